The van der Waals surface area contributed by atoms with E-state index in [0.29, 0.717) is 18.7 Å². The maximum absolute atomic E-state index is 11.9. The fourth-order valence-corrected chi connectivity index (χ4v) is 3.28. The van der Waals surface area contributed by atoms with Crippen molar-refractivity contribution in [3.8, 4) is 0 Å². The molecule has 0 saturated carbocycles. The number of nitrogens with one attached hydrogen (secondary N) is 2. The molecular formula is C11H15N3O3S2. The Labute approximate surface area is 115 Å². The number of aryl methyl sites for hydroxylation is 1. The van der Waals surface area contributed by atoms with Crippen LogP contribution < -0.4 is 4.72 Å². The summed E-state index contributed by atoms with van der Waals surface area (Å²) >= 11 is 1.54. The van der Waals surface area contributed by atoms with Crippen molar-refractivity contribution in [1.29, 1.82) is 0 Å². The molecule has 0 spiro atoms. The Hall–Kier alpha value is -1.22. The summed E-state index contributed by atoms with van der Waals surface area (Å²) in [7, 11) is -3.53. The lowest BCUT2D eigenvalue weighted by atomic mass is 10.3. The molecule has 0 aliphatic heterocycles. The third-order valence-corrected chi connectivity index (χ3v) is 4.80. The van der Waals surface area contributed by atoms with E-state index in [1.165, 1.54) is 12.3 Å². The Balaban J connectivity index is 1.94. The van der Waals surface area contributed by atoms with Crippen molar-refractivity contribution in [3.05, 3.63) is 34.0 Å². The minimum atomic E-state index is -3.53. The lowest BCUT2D eigenvalue weighted by molar-refractivity contribution is 0.277. The van der Waals surface area contributed by atoms with Crippen LogP contribution in [0.25, 0.3) is 0 Å². The molecule has 0 bridgehead atoms. The molecule has 0 aliphatic rings. The Bertz CT molecular complexity index is 646. The molecule has 8 heteroatoms. The summed E-state index contributed by atoms with van der Waals surface area (Å²) in [5, 5.41) is 11.8. The fraction of sp³-hybridized carbons (Fsp3) is 0.364. The van der Waals surface area contributed by atoms with Gasteiger partial charge in [-0.15, -0.1) is 11.3 Å². The predicted molar refractivity (Wildman–Crippen MR) is 72.5 cm³/mol. The van der Waals surface area contributed by atoms with E-state index in [4.69, 9.17) is 5.11 Å². The van der Waals surface area contributed by atoms with Gasteiger partial charge in [0.1, 0.15) is 0 Å². The first kappa shape index (κ1) is 14.2. The van der Waals surface area contributed by atoms with Gasteiger partial charge in [-0.2, -0.15) is 0 Å². The molecule has 0 aromatic carbocycles. The summed E-state index contributed by atoms with van der Waals surface area (Å²) in [4.78, 5) is 7.09. The molecule has 2 aromatic heterocycles. The highest BCUT2D eigenvalue weighted by Crippen LogP contribution is 2.11. The molecule has 0 fully saturated rings. The minimum Gasteiger partial charge on any atom is -0.390 e. The van der Waals surface area contributed by atoms with E-state index in [1.54, 1.807) is 11.3 Å². The van der Waals surface area contributed by atoms with Crippen molar-refractivity contribution in [2.24, 2.45) is 0 Å². The second-order valence-corrected chi connectivity index (χ2v) is 6.85. The molecule has 0 aliphatic carbocycles. The third kappa shape index (κ3) is 3.63. The van der Waals surface area contributed by atoms with Gasteiger partial charge in [-0.05, 0) is 13.0 Å². The summed E-state index contributed by atoms with van der Waals surface area (Å²) in [5.41, 5.74) is 1.35. The SMILES string of the molecule is Cc1nc(CCNS(=O)(=O)c2c[nH]c(CO)c2)cs1. The van der Waals surface area contributed by atoms with Gasteiger partial charge in [-0.1, -0.05) is 0 Å². The van der Waals surface area contributed by atoms with E-state index < -0.39 is 10.0 Å². The standard InChI is InChI=1S/C11H15N3O3S2/c1-8-14-9(7-18-8)2-3-13-19(16,17)11-4-10(6-15)12-5-11/h4-5,7,12-13,15H,2-3,6H2,1H3. The lowest BCUT2D eigenvalue weighted by Gasteiger charge is -2.03. The third-order valence-electron chi connectivity index (χ3n) is 2.54. The zero-order valence-electron chi connectivity index (χ0n) is 10.4. The molecule has 2 aromatic rings. The van der Waals surface area contributed by atoms with E-state index >= 15 is 0 Å². The number of hydrogen-bond donors (Lipinski definition) is 3. The first-order valence-electron chi connectivity index (χ1n) is 5.70. The fourth-order valence-electron chi connectivity index (χ4n) is 1.59. The van der Waals surface area contributed by atoms with Gasteiger partial charge in [0.2, 0.25) is 10.0 Å². The Morgan fingerprint density at radius 2 is 2.32 bits per heavy atom. The molecule has 3 N–H and O–H groups in total. The van der Waals surface area contributed by atoms with E-state index in [2.05, 4.69) is 14.7 Å². The molecule has 104 valence electrons. The summed E-state index contributed by atoms with van der Waals surface area (Å²) in [6.45, 7) is 1.99. The van der Waals surface area contributed by atoms with Crippen LogP contribution in [-0.4, -0.2) is 30.0 Å². The number of aromatic nitrogens is 2. The number of hydrogen-bond acceptors (Lipinski definition) is 5. The van der Waals surface area contributed by atoms with Crippen LogP contribution in [0.2, 0.25) is 0 Å². The molecule has 2 heterocycles. The van der Waals surface area contributed by atoms with Gasteiger partial charge < -0.3 is 10.1 Å². The Morgan fingerprint density at radius 3 is 2.89 bits per heavy atom. The summed E-state index contributed by atoms with van der Waals surface area (Å²) in [6, 6.07) is 1.41. The Kier molecular flexibility index (Phi) is 4.35. The van der Waals surface area contributed by atoms with Crippen LogP contribution in [0, 0.1) is 6.92 Å². The van der Waals surface area contributed by atoms with Gasteiger partial charge in [-0.3, -0.25) is 0 Å². The topological polar surface area (TPSA) is 95.1 Å². The van der Waals surface area contributed by atoms with Crippen molar-refractivity contribution in [3.63, 3.8) is 0 Å². The number of aromatic amines is 1. The van der Waals surface area contributed by atoms with Crippen LogP contribution in [0.3, 0.4) is 0 Å². The van der Waals surface area contributed by atoms with Gasteiger partial charge in [0.15, 0.2) is 0 Å². The minimum absolute atomic E-state index is 0.131. The highest BCUT2D eigenvalue weighted by molar-refractivity contribution is 7.89. The summed E-state index contributed by atoms with van der Waals surface area (Å²) in [6.07, 6.45) is 1.92. The normalized spacial score (nSPS) is 11.9. The number of aliphatic hydroxyl groups excluding tert-OH is 1. The number of nitrogens with zero attached hydrogens (tertiary/aromatic N) is 1. The van der Waals surface area contributed by atoms with E-state index in [-0.39, 0.29) is 11.5 Å². The first-order valence-corrected chi connectivity index (χ1v) is 8.06. The van der Waals surface area contributed by atoms with Gasteiger partial charge in [-0.25, -0.2) is 18.1 Å². The summed E-state index contributed by atoms with van der Waals surface area (Å²) in [5.74, 6) is 0. The number of rotatable bonds is 6. The molecule has 0 saturated heterocycles. The maximum Gasteiger partial charge on any atom is 0.242 e. The number of sulfonamides is 1. The monoisotopic (exact) mass is 301 g/mol. The van der Waals surface area contributed by atoms with Gasteiger partial charge in [0, 0.05) is 30.2 Å². The largest absolute Gasteiger partial charge is 0.390 e. The van der Waals surface area contributed by atoms with Crippen LogP contribution in [0.5, 0.6) is 0 Å². The molecule has 2 rings (SSSR count). The average molecular weight is 301 g/mol. The highest BCUT2D eigenvalue weighted by atomic mass is 32.2. The number of thiazole rings is 1. The molecule has 6 nitrogen and oxygen atoms in total. The van der Waals surface area contributed by atoms with Crippen molar-refractivity contribution >= 4 is 21.4 Å². The zero-order valence-corrected chi connectivity index (χ0v) is 12.0. The molecule has 19 heavy (non-hydrogen) atoms. The van der Waals surface area contributed by atoms with Gasteiger partial charge in [0.25, 0.3) is 0 Å². The molecule has 0 atom stereocenters. The van der Waals surface area contributed by atoms with Crippen molar-refractivity contribution in [2.45, 2.75) is 24.8 Å². The first-order chi connectivity index (χ1) is 9.01. The predicted octanol–water partition coefficient (Wildman–Crippen LogP) is 0.793. The van der Waals surface area contributed by atoms with E-state index in [0.717, 1.165) is 10.7 Å². The average Bonchev–Trinajstić information content (AvgIpc) is 2.98. The van der Waals surface area contributed by atoms with Gasteiger partial charge in [0.05, 0.1) is 22.2 Å². The van der Waals surface area contributed by atoms with Gasteiger partial charge >= 0.3 is 0 Å². The number of H-pyrrole nitrogens is 1. The lowest BCUT2D eigenvalue weighted by Crippen LogP contribution is -2.25. The highest BCUT2D eigenvalue weighted by Gasteiger charge is 2.15. The quantitative estimate of drug-likeness (QED) is 0.735. The van der Waals surface area contributed by atoms with Crippen molar-refractivity contribution < 1.29 is 13.5 Å². The smallest absolute Gasteiger partial charge is 0.242 e. The van der Waals surface area contributed by atoms with Crippen molar-refractivity contribution in [2.75, 3.05) is 6.54 Å². The molecule has 0 amide bonds. The zero-order chi connectivity index (χ0) is 13.9. The second-order valence-electron chi connectivity index (χ2n) is 4.02. The maximum atomic E-state index is 11.9. The van der Waals surface area contributed by atoms with Crippen LogP contribution in [-0.2, 0) is 23.1 Å². The Morgan fingerprint density at radius 1 is 1.53 bits per heavy atom. The summed E-state index contributed by atoms with van der Waals surface area (Å²) < 4.78 is 26.4. The van der Waals surface area contributed by atoms with Crippen molar-refractivity contribution in [1.82, 2.24) is 14.7 Å². The number of aliphatic hydroxyl groups is 1. The second kappa shape index (κ2) is 5.83. The molecule has 0 radical (unpaired) electrons. The van der Waals surface area contributed by atoms with Crippen LogP contribution in [0.4, 0.5) is 0 Å². The van der Waals surface area contributed by atoms with Crippen LogP contribution in [0.15, 0.2) is 22.5 Å². The van der Waals surface area contributed by atoms with Crippen LogP contribution in [0.1, 0.15) is 16.4 Å². The van der Waals surface area contributed by atoms with E-state index in [9.17, 15) is 8.42 Å². The molecule has 0 unspecified atom stereocenters. The van der Waals surface area contributed by atoms with E-state index in [1.807, 2.05) is 12.3 Å². The van der Waals surface area contributed by atoms with Crippen LogP contribution >= 0.6 is 11.3 Å². The molecular weight excluding hydrogens is 286 g/mol.